The van der Waals surface area contributed by atoms with Gasteiger partial charge in [0.05, 0.1) is 29.1 Å². The van der Waals surface area contributed by atoms with Gasteiger partial charge in [0.25, 0.3) is 11.5 Å². The minimum Gasteiger partial charge on any atom is -0.376 e. The number of aromatic amines is 1. The Morgan fingerprint density at radius 2 is 2.07 bits per heavy atom. The van der Waals surface area contributed by atoms with Gasteiger partial charge >= 0.3 is 0 Å². The van der Waals surface area contributed by atoms with Crippen molar-refractivity contribution in [2.24, 2.45) is 0 Å². The molecule has 1 aromatic heterocycles. The van der Waals surface area contributed by atoms with E-state index in [-0.39, 0.29) is 36.1 Å². The van der Waals surface area contributed by atoms with Crippen LogP contribution in [0.2, 0.25) is 0 Å². The predicted octanol–water partition coefficient (Wildman–Crippen LogP) is 3.02. The van der Waals surface area contributed by atoms with Crippen LogP contribution in [0.1, 0.15) is 29.0 Å². The standard InChI is InChI=1S/C21H19F2N3O3/c22-13-7-8-15(17(23)10-13)21(28)26(11-14-4-3-9-29-14)12-19-24-18-6-2-1-5-16(18)20(27)25-19/h1-2,5-8,10,14H,3-4,9,11-12H2,(H,24,25,27)/t14-/m0/s1. The van der Waals surface area contributed by atoms with Gasteiger partial charge in [-0.15, -0.1) is 0 Å². The maximum atomic E-state index is 14.2. The molecule has 0 aliphatic carbocycles. The van der Waals surface area contributed by atoms with Gasteiger partial charge in [-0.1, -0.05) is 12.1 Å². The number of para-hydroxylation sites is 1. The monoisotopic (exact) mass is 399 g/mol. The summed E-state index contributed by atoms with van der Waals surface area (Å²) in [6.07, 6.45) is 1.47. The SMILES string of the molecule is O=C(c1ccc(F)cc1F)N(Cc1nc2ccccc2c(=O)[nH]1)C[C@@H]1CCCO1. The topological polar surface area (TPSA) is 75.3 Å². The van der Waals surface area contributed by atoms with E-state index in [0.717, 1.165) is 25.0 Å². The number of halogens is 2. The van der Waals surface area contributed by atoms with E-state index in [1.54, 1.807) is 24.3 Å². The number of nitrogens with zero attached hydrogens (tertiary/aromatic N) is 2. The van der Waals surface area contributed by atoms with Crippen molar-refractivity contribution >= 4 is 16.8 Å². The molecule has 0 bridgehead atoms. The number of rotatable bonds is 5. The van der Waals surface area contributed by atoms with Gasteiger partial charge in [0.15, 0.2) is 0 Å². The van der Waals surface area contributed by atoms with Crippen molar-refractivity contribution in [1.82, 2.24) is 14.9 Å². The van der Waals surface area contributed by atoms with Crippen LogP contribution in [-0.2, 0) is 11.3 Å². The Balaban J connectivity index is 1.67. The summed E-state index contributed by atoms with van der Waals surface area (Å²) in [5.41, 5.74) is -0.0562. The van der Waals surface area contributed by atoms with E-state index < -0.39 is 17.5 Å². The Morgan fingerprint density at radius 1 is 1.24 bits per heavy atom. The zero-order valence-electron chi connectivity index (χ0n) is 15.5. The Bertz CT molecular complexity index is 1110. The van der Waals surface area contributed by atoms with Gasteiger partial charge in [-0.3, -0.25) is 9.59 Å². The number of aromatic nitrogens is 2. The van der Waals surface area contributed by atoms with Gasteiger partial charge in [0.1, 0.15) is 17.5 Å². The molecule has 0 saturated carbocycles. The largest absolute Gasteiger partial charge is 0.376 e. The summed E-state index contributed by atoms with van der Waals surface area (Å²) >= 11 is 0. The highest BCUT2D eigenvalue weighted by atomic mass is 19.1. The summed E-state index contributed by atoms with van der Waals surface area (Å²) in [5.74, 6) is -2.03. The molecule has 2 aromatic carbocycles. The number of hydrogen-bond donors (Lipinski definition) is 1. The lowest BCUT2D eigenvalue weighted by Crippen LogP contribution is -2.38. The van der Waals surface area contributed by atoms with Crippen LogP contribution in [0.3, 0.4) is 0 Å². The zero-order valence-corrected chi connectivity index (χ0v) is 15.5. The highest BCUT2D eigenvalue weighted by Gasteiger charge is 2.26. The molecule has 1 atom stereocenters. The molecule has 8 heteroatoms. The molecule has 1 amide bonds. The third kappa shape index (κ3) is 4.17. The molecule has 1 saturated heterocycles. The summed E-state index contributed by atoms with van der Waals surface area (Å²) in [6.45, 7) is 0.782. The summed E-state index contributed by atoms with van der Waals surface area (Å²) < 4.78 is 33.0. The number of ether oxygens (including phenoxy) is 1. The van der Waals surface area contributed by atoms with Crippen LogP contribution in [-0.4, -0.2) is 40.0 Å². The van der Waals surface area contributed by atoms with E-state index >= 15 is 0 Å². The first-order valence-electron chi connectivity index (χ1n) is 9.35. The average molecular weight is 399 g/mol. The third-order valence-electron chi connectivity index (χ3n) is 4.90. The van der Waals surface area contributed by atoms with Crippen LogP contribution in [0.5, 0.6) is 0 Å². The van der Waals surface area contributed by atoms with E-state index in [4.69, 9.17) is 4.74 Å². The second-order valence-electron chi connectivity index (χ2n) is 6.97. The first-order valence-corrected chi connectivity index (χ1v) is 9.35. The average Bonchev–Trinajstić information content (AvgIpc) is 3.20. The quantitative estimate of drug-likeness (QED) is 0.716. The highest BCUT2D eigenvalue weighted by molar-refractivity contribution is 5.94. The number of carbonyl (C=O) groups excluding carboxylic acids is 1. The molecule has 6 nitrogen and oxygen atoms in total. The van der Waals surface area contributed by atoms with Crippen LogP contribution < -0.4 is 5.56 Å². The van der Waals surface area contributed by atoms with E-state index in [0.29, 0.717) is 23.6 Å². The maximum absolute atomic E-state index is 14.2. The number of hydrogen-bond acceptors (Lipinski definition) is 4. The minimum absolute atomic E-state index is 0.0322. The molecule has 150 valence electrons. The van der Waals surface area contributed by atoms with Gasteiger partial charge in [0, 0.05) is 19.2 Å². The van der Waals surface area contributed by atoms with Crippen LogP contribution in [0.4, 0.5) is 8.78 Å². The summed E-state index contributed by atoms with van der Waals surface area (Å²) in [7, 11) is 0. The van der Waals surface area contributed by atoms with Crippen molar-refractivity contribution in [1.29, 1.82) is 0 Å². The molecule has 1 aliphatic heterocycles. The predicted molar refractivity (Wildman–Crippen MR) is 102 cm³/mol. The number of fused-ring (bicyclic) bond motifs is 1. The van der Waals surface area contributed by atoms with E-state index in [2.05, 4.69) is 9.97 Å². The van der Waals surface area contributed by atoms with E-state index in [1.807, 2.05) is 0 Å². The van der Waals surface area contributed by atoms with Gasteiger partial charge in [0.2, 0.25) is 0 Å². The lowest BCUT2D eigenvalue weighted by Gasteiger charge is -2.25. The molecule has 0 spiro atoms. The number of benzene rings is 2. The highest BCUT2D eigenvalue weighted by Crippen LogP contribution is 2.19. The van der Waals surface area contributed by atoms with E-state index in [9.17, 15) is 18.4 Å². The van der Waals surface area contributed by atoms with Gasteiger partial charge in [-0.2, -0.15) is 0 Å². The summed E-state index contributed by atoms with van der Waals surface area (Å²) in [4.78, 5) is 33.8. The van der Waals surface area contributed by atoms with Crippen LogP contribution >= 0.6 is 0 Å². The fraction of sp³-hybridized carbons (Fsp3) is 0.286. The molecule has 1 aliphatic rings. The van der Waals surface area contributed by atoms with Crippen molar-refractivity contribution < 1.29 is 18.3 Å². The van der Waals surface area contributed by atoms with Crippen molar-refractivity contribution in [3.05, 3.63) is 75.8 Å². The number of nitrogens with one attached hydrogen (secondary N) is 1. The summed E-state index contributed by atoms with van der Waals surface area (Å²) in [5, 5.41) is 0.442. The first kappa shape index (κ1) is 19.2. The van der Waals surface area contributed by atoms with Crippen LogP contribution in [0.15, 0.2) is 47.3 Å². The first-order chi connectivity index (χ1) is 14.0. The van der Waals surface area contributed by atoms with Crippen molar-refractivity contribution in [3.63, 3.8) is 0 Å². The molecule has 3 aromatic rings. The number of H-pyrrole nitrogens is 1. The molecule has 1 N–H and O–H groups in total. The molecule has 0 radical (unpaired) electrons. The molecular weight excluding hydrogens is 380 g/mol. The number of carbonyl (C=O) groups is 1. The van der Waals surface area contributed by atoms with Crippen LogP contribution in [0, 0.1) is 11.6 Å². The molecule has 1 fully saturated rings. The van der Waals surface area contributed by atoms with Crippen molar-refractivity contribution in [2.45, 2.75) is 25.5 Å². The Hall–Kier alpha value is -3.13. The third-order valence-corrected chi connectivity index (χ3v) is 4.90. The molecule has 4 rings (SSSR count). The lowest BCUT2D eigenvalue weighted by atomic mass is 10.1. The second kappa shape index (κ2) is 8.08. The zero-order chi connectivity index (χ0) is 20.4. The molecule has 0 unspecified atom stereocenters. The van der Waals surface area contributed by atoms with Gasteiger partial charge < -0.3 is 14.6 Å². The lowest BCUT2D eigenvalue weighted by molar-refractivity contribution is 0.0497. The molecule has 29 heavy (non-hydrogen) atoms. The fourth-order valence-corrected chi connectivity index (χ4v) is 3.48. The Labute approximate surface area is 165 Å². The van der Waals surface area contributed by atoms with Crippen molar-refractivity contribution in [3.8, 4) is 0 Å². The minimum atomic E-state index is -0.938. The van der Waals surface area contributed by atoms with Crippen molar-refractivity contribution in [2.75, 3.05) is 13.2 Å². The summed E-state index contributed by atoms with van der Waals surface area (Å²) in [6, 6.07) is 9.70. The Morgan fingerprint density at radius 3 is 2.83 bits per heavy atom. The Kier molecular flexibility index (Phi) is 5.35. The molecular formula is C21H19F2N3O3. The second-order valence-corrected chi connectivity index (χ2v) is 6.97. The van der Waals surface area contributed by atoms with Gasteiger partial charge in [-0.05, 0) is 37.1 Å². The van der Waals surface area contributed by atoms with Crippen LogP contribution in [0.25, 0.3) is 10.9 Å². The van der Waals surface area contributed by atoms with E-state index in [1.165, 1.54) is 4.90 Å². The maximum Gasteiger partial charge on any atom is 0.258 e. The molecule has 2 heterocycles. The number of amides is 1. The fourth-order valence-electron chi connectivity index (χ4n) is 3.48. The van der Waals surface area contributed by atoms with Gasteiger partial charge in [-0.25, -0.2) is 13.8 Å². The normalized spacial score (nSPS) is 16.3. The smallest absolute Gasteiger partial charge is 0.258 e.